The van der Waals surface area contributed by atoms with E-state index in [2.05, 4.69) is 15.0 Å². The van der Waals surface area contributed by atoms with Crippen LogP contribution in [0.25, 0.3) is 10.9 Å². The van der Waals surface area contributed by atoms with Crippen LogP contribution in [0.15, 0.2) is 55.1 Å². The van der Waals surface area contributed by atoms with Gasteiger partial charge < -0.3 is 5.73 Å². The summed E-state index contributed by atoms with van der Waals surface area (Å²) >= 11 is 0. The third-order valence-corrected chi connectivity index (χ3v) is 2.92. The average molecular weight is 236 g/mol. The highest BCUT2D eigenvalue weighted by molar-refractivity contribution is 5.82. The van der Waals surface area contributed by atoms with Crippen LogP contribution >= 0.6 is 0 Å². The van der Waals surface area contributed by atoms with Crippen molar-refractivity contribution in [3.63, 3.8) is 0 Å². The summed E-state index contributed by atoms with van der Waals surface area (Å²) < 4.78 is 0. The molecule has 0 radical (unpaired) electrons. The number of rotatable bonds is 2. The zero-order chi connectivity index (χ0) is 12.4. The number of nitrogens with two attached hydrogens (primary N) is 1. The molecule has 0 saturated heterocycles. The fraction of sp³-hybridized carbons (Fsp3) is 0.0714. The molecule has 0 amide bonds. The van der Waals surface area contributed by atoms with Gasteiger partial charge in [0.15, 0.2) is 0 Å². The van der Waals surface area contributed by atoms with Gasteiger partial charge in [-0.05, 0) is 17.7 Å². The van der Waals surface area contributed by atoms with E-state index in [0.717, 1.165) is 22.2 Å². The van der Waals surface area contributed by atoms with E-state index in [1.54, 1.807) is 24.8 Å². The predicted octanol–water partition coefficient (Wildman–Crippen LogP) is 2.07. The van der Waals surface area contributed by atoms with Crippen molar-refractivity contribution in [2.24, 2.45) is 5.73 Å². The van der Waals surface area contributed by atoms with Crippen LogP contribution in [0.2, 0.25) is 0 Å². The smallest absolute Gasteiger partial charge is 0.0799 e. The molecule has 0 spiro atoms. The summed E-state index contributed by atoms with van der Waals surface area (Å²) in [7, 11) is 0. The van der Waals surface area contributed by atoms with Gasteiger partial charge in [-0.2, -0.15) is 0 Å². The monoisotopic (exact) mass is 236 g/mol. The molecule has 1 unspecified atom stereocenters. The molecule has 88 valence electrons. The molecule has 4 nitrogen and oxygen atoms in total. The number of hydrogen-bond donors (Lipinski definition) is 1. The Kier molecular flexibility index (Phi) is 2.70. The van der Waals surface area contributed by atoms with Crippen molar-refractivity contribution in [3.05, 3.63) is 66.4 Å². The van der Waals surface area contributed by atoms with Crippen molar-refractivity contribution in [3.8, 4) is 0 Å². The van der Waals surface area contributed by atoms with Crippen molar-refractivity contribution >= 4 is 10.9 Å². The lowest BCUT2D eigenvalue weighted by Gasteiger charge is -2.13. The fourth-order valence-corrected chi connectivity index (χ4v) is 2.03. The third-order valence-electron chi connectivity index (χ3n) is 2.92. The van der Waals surface area contributed by atoms with Gasteiger partial charge >= 0.3 is 0 Å². The minimum atomic E-state index is -0.286. The van der Waals surface area contributed by atoms with Gasteiger partial charge in [-0.1, -0.05) is 18.2 Å². The Morgan fingerprint density at radius 3 is 2.72 bits per heavy atom. The zero-order valence-corrected chi connectivity index (χ0v) is 9.69. The molecule has 3 aromatic rings. The van der Waals surface area contributed by atoms with Crippen LogP contribution in [0.1, 0.15) is 17.3 Å². The lowest BCUT2D eigenvalue weighted by Crippen LogP contribution is -2.14. The van der Waals surface area contributed by atoms with Crippen molar-refractivity contribution in [2.75, 3.05) is 0 Å². The molecule has 4 heteroatoms. The van der Waals surface area contributed by atoms with Gasteiger partial charge in [0.2, 0.25) is 0 Å². The quantitative estimate of drug-likeness (QED) is 0.739. The molecule has 0 aliphatic heterocycles. The van der Waals surface area contributed by atoms with Gasteiger partial charge in [-0.15, -0.1) is 0 Å². The van der Waals surface area contributed by atoms with Crippen molar-refractivity contribution in [1.82, 2.24) is 15.0 Å². The van der Waals surface area contributed by atoms with Crippen LogP contribution in [0.3, 0.4) is 0 Å². The fourth-order valence-electron chi connectivity index (χ4n) is 2.03. The first-order valence-corrected chi connectivity index (χ1v) is 5.71. The second-order valence-electron chi connectivity index (χ2n) is 4.03. The van der Waals surface area contributed by atoms with Gasteiger partial charge in [0.05, 0.1) is 23.4 Å². The summed E-state index contributed by atoms with van der Waals surface area (Å²) in [5.74, 6) is 0. The minimum Gasteiger partial charge on any atom is -0.319 e. The predicted molar refractivity (Wildman–Crippen MR) is 69.8 cm³/mol. The van der Waals surface area contributed by atoms with Crippen molar-refractivity contribution in [2.45, 2.75) is 6.04 Å². The van der Waals surface area contributed by atoms with E-state index >= 15 is 0 Å². The first-order valence-electron chi connectivity index (χ1n) is 5.71. The Morgan fingerprint density at radius 2 is 1.89 bits per heavy atom. The largest absolute Gasteiger partial charge is 0.319 e. The summed E-state index contributed by atoms with van der Waals surface area (Å²) in [4.78, 5) is 12.6. The molecular formula is C14H12N4. The van der Waals surface area contributed by atoms with E-state index < -0.39 is 0 Å². The minimum absolute atomic E-state index is 0.286. The third kappa shape index (κ3) is 1.83. The summed E-state index contributed by atoms with van der Waals surface area (Å²) in [5.41, 5.74) is 8.96. The van der Waals surface area contributed by atoms with Crippen molar-refractivity contribution < 1.29 is 0 Å². The normalized spacial score (nSPS) is 12.5. The van der Waals surface area contributed by atoms with E-state index in [-0.39, 0.29) is 6.04 Å². The summed E-state index contributed by atoms with van der Waals surface area (Å²) in [6, 6.07) is 9.59. The Bertz CT molecular complexity index is 661. The first kappa shape index (κ1) is 10.8. The highest BCUT2D eigenvalue weighted by atomic mass is 14.8. The second-order valence-corrected chi connectivity index (χ2v) is 4.03. The molecule has 18 heavy (non-hydrogen) atoms. The molecule has 0 aliphatic carbocycles. The Morgan fingerprint density at radius 1 is 0.944 bits per heavy atom. The van der Waals surface area contributed by atoms with Gasteiger partial charge in [0.25, 0.3) is 0 Å². The summed E-state index contributed by atoms with van der Waals surface area (Å²) in [6.07, 6.45) is 6.76. The molecule has 2 N–H and O–H groups in total. The second kappa shape index (κ2) is 4.50. The molecular weight excluding hydrogens is 224 g/mol. The van der Waals surface area contributed by atoms with Crippen LogP contribution in [-0.4, -0.2) is 15.0 Å². The standard InChI is InChI=1S/C14H12N4/c15-14(13-9-16-7-8-18-13)11-3-1-5-12-10(11)4-2-6-17-12/h1-9,14H,15H2. The zero-order valence-electron chi connectivity index (χ0n) is 9.69. The van der Waals surface area contributed by atoms with E-state index in [1.165, 1.54) is 0 Å². The Labute approximate surface area is 105 Å². The van der Waals surface area contributed by atoms with Gasteiger partial charge in [-0.3, -0.25) is 15.0 Å². The first-order chi connectivity index (χ1) is 8.86. The lowest BCUT2D eigenvalue weighted by molar-refractivity contribution is 0.824. The summed E-state index contributed by atoms with van der Waals surface area (Å²) in [5, 5.41) is 1.05. The average Bonchev–Trinajstić information content (AvgIpc) is 2.47. The topological polar surface area (TPSA) is 64.7 Å². The van der Waals surface area contributed by atoms with Gasteiger partial charge in [0.1, 0.15) is 0 Å². The maximum Gasteiger partial charge on any atom is 0.0799 e. The molecule has 0 aliphatic rings. The van der Waals surface area contributed by atoms with Crippen LogP contribution in [-0.2, 0) is 0 Å². The molecule has 3 rings (SSSR count). The maximum atomic E-state index is 6.25. The van der Waals surface area contributed by atoms with Gasteiger partial charge in [-0.25, -0.2) is 0 Å². The molecule has 2 heterocycles. The lowest BCUT2D eigenvalue weighted by atomic mass is 10.00. The SMILES string of the molecule is NC(c1cnccn1)c1cccc2ncccc12. The highest BCUT2D eigenvalue weighted by Gasteiger charge is 2.13. The summed E-state index contributed by atoms with van der Waals surface area (Å²) in [6.45, 7) is 0. The number of benzene rings is 1. The van der Waals surface area contributed by atoms with Crippen LogP contribution in [0, 0.1) is 0 Å². The number of nitrogens with zero attached hydrogens (tertiary/aromatic N) is 3. The number of pyridine rings is 1. The molecule has 2 aromatic heterocycles. The highest BCUT2D eigenvalue weighted by Crippen LogP contribution is 2.24. The Hall–Kier alpha value is -2.33. The Balaban J connectivity index is 2.15. The van der Waals surface area contributed by atoms with Crippen LogP contribution < -0.4 is 5.73 Å². The van der Waals surface area contributed by atoms with E-state index in [4.69, 9.17) is 5.73 Å². The molecule has 0 bridgehead atoms. The van der Waals surface area contributed by atoms with Crippen molar-refractivity contribution in [1.29, 1.82) is 0 Å². The molecule has 0 fully saturated rings. The molecule has 0 saturated carbocycles. The van der Waals surface area contributed by atoms with Gasteiger partial charge in [0, 0.05) is 24.0 Å². The number of aromatic nitrogens is 3. The van der Waals surface area contributed by atoms with Crippen LogP contribution in [0.4, 0.5) is 0 Å². The van der Waals surface area contributed by atoms with E-state index in [0.29, 0.717) is 0 Å². The number of fused-ring (bicyclic) bond motifs is 1. The number of hydrogen-bond acceptors (Lipinski definition) is 4. The van der Waals surface area contributed by atoms with Crippen LogP contribution in [0.5, 0.6) is 0 Å². The molecule has 1 atom stereocenters. The van der Waals surface area contributed by atoms with E-state index in [1.807, 2.05) is 30.3 Å². The van der Waals surface area contributed by atoms with E-state index in [9.17, 15) is 0 Å². The maximum absolute atomic E-state index is 6.25. The molecule has 1 aromatic carbocycles.